The molecule has 27 heavy (non-hydrogen) atoms. The number of unbranched alkanes of at least 4 members (excludes halogenated alkanes) is 1. The summed E-state index contributed by atoms with van der Waals surface area (Å²) in [7, 11) is 0. The third-order valence-electron chi connectivity index (χ3n) is 4.72. The lowest BCUT2D eigenvalue weighted by Crippen LogP contribution is -2.06. The summed E-state index contributed by atoms with van der Waals surface area (Å²) in [6, 6.07) is 8.33. The molecule has 0 spiro atoms. The van der Waals surface area contributed by atoms with E-state index in [0.29, 0.717) is 13.0 Å². The van der Waals surface area contributed by atoms with Crippen molar-refractivity contribution in [2.75, 3.05) is 6.61 Å². The second-order valence-electron chi connectivity index (χ2n) is 6.53. The summed E-state index contributed by atoms with van der Waals surface area (Å²) in [6.45, 7) is 6.49. The van der Waals surface area contributed by atoms with Crippen LogP contribution in [0.2, 0.25) is 4.34 Å². The van der Waals surface area contributed by atoms with Crippen LogP contribution in [-0.2, 0) is 22.4 Å². The van der Waals surface area contributed by atoms with Crippen molar-refractivity contribution in [1.82, 2.24) is 9.61 Å². The number of rotatable bonds is 8. The molecule has 3 heterocycles. The van der Waals surface area contributed by atoms with Gasteiger partial charge in [0.05, 0.1) is 22.2 Å². The lowest BCUT2D eigenvalue weighted by atomic mass is 9.99. The molecule has 0 bridgehead atoms. The number of fused-ring (bicyclic) bond motifs is 1. The number of hydrogen-bond acceptors (Lipinski definition) is 4. The summed E-state index contributed by atoms with van der Waals surface area (Å²) in [4.78, 5) is 12.7. The minimum atomic E-state index is -0.118. The monoisotopic (exact) mass is 404 g/mol. The van der Waals surface area contributed by atoms with Gasteiger partial charge in [-0.25, -0.2) is 4.52 Å². The van der Waals surface area contributed by atoms with Gasteiger partial charge in [-0.05, 0) is 69.4 Å². The Bertz CT molecular complexity index is 945. The predicted molar refractivity (Wildman–Crippen MR) is 112 cm³/mol. The van der Waals surface area contributed by atoms with Crippen molar-refractivity contribution in [3.8, 4) is 10.4 Å². The van der Waals surface area contributed by atoms with E-state index in [0.717, 1.165) is 46.1 Å². The first kappa shape index (κ1) is 19.9. The average molecular weight is 405 g/mol. The maximum absolute atomic E-state index is 11.6. The third-order valence-corrected chi connectivity index (χ3v) is 5.97. The van der Waals surface area contributed by atoms with E-state index in [1.54, 1.807) is 11.3 Å². The number of carbonyl (C=O) groups excluding carboxylic acids is 1. The van der Waals surface area contributed by atoms with Gasteiger partial charge in [-0.3, -0.25) is 4.79 Å². The largest absolute Gasteiger partial charge is 0.466 e. The number of aromatic nitrogens is 2. The Balaban J connectivity index is 1.93. The molecule has 0 saturated heterocycles. The van der Waals surface area contributed by atoms with Gasteiger partial charge in [0.25, 0.3) is 0 Å². The second-order valence-corrected chi connectivity index (χ2v) is 8.25. The second kappa shape index (κ2) is 8.89. The molecule has 3 aromatic rings. The molecule has 0 amide bonds. The van der Waals surface area contributed by atoms with Crippen molar-refractivity contribution >= 4 is 34.4 Å². The van der Waals surface area contributed by atoms with Crippen LogP contribution in [0.1, 0.15) is 50.1 Å². The number of ether oxygens (including phenoxy) is 1. The first-order valence-corrected chi connectivity index (χ1v) is 10.7. The van der Waals surface area contributed by atoms with Crippen LogP contribution in [0.15, 0.2) is 24.3 Å². The zero-order valence-corrected chi connectivity index (χ0v) is 17.6. The van der Waals surface area contributed by atoms with Crippen molar-refractivity contribution in [2.45, 2.75) is 52.9 Å². The van der Waals surface area contributed by atoms with Crippen molar-refractivity contribution < 1.29 is 9.53 Å². The van der Waals surface area contributed by atoms with Crippen molar-refractivity contribution in [1.29, 1.82) is 0 Å². The standard InChI is InChI=1S/C21H25ClN2O2S/c1-4-15-10-11-17-21(18-12-13-19(22)27-18)16(14(3)23-24(15)17)8-6-7-9-20(25)26-5-2/h10-13H,4-9H2,1-3H3. The molecule has 0 aliphatic heterocycles. The van der Waals surface area contributed by atoms with E-state index in [1.165, 1.54) is 16.8 Å². The molecule has 0 saturated carbocycles. The molecule has 0 N–H and O–H groups in total. The Kier molecular flexibility index (Phi) is 6.55. The van der Waals surface area contributed by atoms with Gasteiger partial charge in [0, 0.05) is 22.6 Å². The minimum absolute atomic E-state index is 0.118. The van der Waals surface area contributed by atoms with Crippen LogP contribution in [0.5, 0.6) is 0 Å². The van der Waals surface area contributed by atoms with Gasteiger partial charge >= 0.3 is 5.97 Å². The van der Waals surface area contributed by atoms with Gasteiger partial charge in [-0.1, -0.05) is 18.5 Å². The predicted octanol–water partition coefficient (Wildman–Crippen LogP) is 5.86. The fourth-order valence-electron chi connectivity index (χ4n) is 3.43. The Morgan fingerprint density at radius 2 is 2.04 bits per heavy atom. The van der Waals surface area contributed by atoms with Crippen molar-refractivity contribution in [2.24, 2.45) is 0 Å². The van der Waals surface area contributed by atoms with Crippen LogP contribution < -0.4 is 0 Å². The Hall–Kier alpha value is -1.85. The fraction of sp³-hybridized carbons (Fsp3) is 0.429. The Morgan fingerprint density at radius 1 is 1.22 bits per heavy atom. The quantitative estimate of drug-likeness (QED) is 0.348. The zero-order chi connectivity index (χ0) is 19.4. The van der Waals surface area contributed by atoms with Crippen LogP contribution in [0.4, 0.5) is 0 Å². The summed E-state index contributed by atoms with van der Waals surface area (Å²) in [5.74, 6) is -0.118. The minimum Gasteiger partial charge on any atom is -0.466 e. The number of halogens is 1. The van der Waals surface area contributed by atoms with Gasteiger partial charge in [0.2, 0.25) is 0 Å². The topological polar surface area (TPSA) is 43.6 Å². The number of thiophene rings is 1. The van der Waals surface area contributed by atoms with Crippen LogP contribution in [-0.4, -0.2) is 22.2 Å². The first-order chi connectivity index (χ1) is 13.0. The SMILES string of the molecule is CCOC(=O)CCCCc1c(C)nn2c(CC)ccc2c1-c1ccc(Cl)s1. The van der Waals surface area contributed by atoms with E-state index in [2.05, 4.69) is 36.6 Å². The van der Waals surface area contributed by atoms with Gasteiger partial charge < -0.3 is 4.74 Å². The summed E-state index contributed by atoms with van der Waals surface area (Å²) in [5.41, 5.74) is 5.81. The maximum atomic E-state index is 11.6. The van der Waals surface area contributed by atoms with E-state index >= 15 is 0 Å². The van der Waals surface area contributed by atoms with Crippen molar-refractivity contribution in [3.05, 3.63) is 45.6 Å². The molecule has 0 fully saturated rings. The summed E-state index contributed by atoms with van der Waals surface area (Å²) in [6.07, 6.45) is 4.02. The summed E-state index contributed by atoms with van der Waals surface area (Å²) in [5, 5.41) is 4.84. The highest BCUT2D eigenvalue weighted by Crippen LogP contribution is 2.38. The van der Waals surface area contributed by atoms with Gasteiger partial charge in [-0.2, -0.15) is 5.10 Å². The highest BCUT2D eigenvalue weighted by molar-refractivity contribution is 7.19. The molecule has 3 aromatic heterocycles. The van der Waals surface area contributed by atoms with Crippen LogP contribution in [0.25, 0.3) is 16.0 Å². The molecular formula is C21H25ClN2O2S. The van der Waals surface area contributed by atoms with E-state index in [1.807, 2.05) is 13.0 Å². The van der Waals surface area contributed by atoms with Crippen molar-refractivity contribution in [3.63, 3.8) is 0 Å². The highest BCUT2D eigenvalue weighted by Gasteiger charge is 2.18. The van der Waals surface area contributed by atoms with E-state index in [9.17, 15) is 4.79 Å². The average Bonchev–Trinajstić information content (AvgIpc) is 3.24. The number of nitrogens with zero attached hydrogens (tertiary/aromatic N) is 2. The van der Waals surface area contributed by atoms with Crippen LogP contribution in [0, 0.1) is 6.92 Å². The molecule has 6 heteroatoms. The van der Waals surface area contributed by atoms with Gasteiger partial charge in [0.1, 0.15) is 0 Å². The molecule has 3 rings (SSSR count). The molecule has 0 aliphatic rings. The first-order valence-electron chi connectivity index (χ1n) is 9.46. The number of carbonyl (C=O) groups is 1. The summed E-state index contributed by atoms with van der Waals surface area (Å²) >= 11 is 7.82. The van der Waals surface area contributed by atoms with E-state index in [4.69, 9.17) is 21.4 Å². The number of aryl methyl sites for hydroxylation is 2. The maximum Gasteiger partial charge on any atom is 0.305 e. The highest BCUT2D eigenvalue weighted by atomic mass is 35.5. The third kappa shape index (κ3) is 4.36. The van der Waals surface area contributed by atoms with Gasteiger partial charge in [-0.15, -0.1) is 11.3 Å². The Labute approximate surface area is 169 Å². The smallest absolute Gasteiger partial charge is 0.305 e. The van der Waals surface area contributed by atoms with Crippen LogP contribution >= 0.6 is 22.9 Å². The zero-order valence-electron chi connectivity index (χ0n) is 16.0. The fourth-order valence-corrected chi connectivity index (χ4v) is 4.55. The molecule has 0 aliphatic carbocycles. The molecular weight excluding hydrogens is 380 g/mol. The number of hydrogen-bond donors (Lipinski definition) is 0. The van der Waals surface area contributed by atoms with Gasteiger partial charge in [0.15, 0.2) is 0 Å². The summed E-state index contributed by atoms with van der Waals surface area (Å²) < 4.78 is 7.86. The van der Waals surface area contributed by atoms with E-state index < -0.39 is 0 Å². The molecule has 4 nitrogen and oxygen atoms in total. The molecule has 0 radical (unpaired) electrons. The molecule has 0 unspecified atom stereocenters. The lowest BCUT2D eigenvalue weighted by molar-refractivity contribution is -0.143. The molecule has 0 aromatic carbocycles. The normalized spacial score (nSPS) is 11.3. The molecule has 0 atom stereocenters. The number of esters is 1. The van der Waals surface area contributed by atoms with E-state index in [-0.39, 0.29) is 5.97 Å². The lowest BCUT2D eigenvalue weighted by Gasteiger charge is -2.14. The van der Waals surface area contributed by atoms with Crippen LogP contribution in [0.3, 0.4) is 0 Å². The Morgan fingerprint density at radius 3 is 2.70 bits per heavy atom. The molecule has 144 valence electrons.